The molecule has 1 rings (SSSR count). The second-order valence-electron chi connectivity index (χ2n) is 2.10. The summed E-state index contributed by atoms with van der Waals surface area (Å²) >= 11 is 4.34. The van der Waals surface area contributed by atoms with Gasteiger partial charge in [0, 0.05) is 0 Å². The van der Waals surface area contributed by atoms with Crippen LogP contribution in [0.1, 0.15) is 6.99 Å². The smallest absolute Gasteiger partial charge is 1.00 e. The minimum Gasteiger partial charge on any atom is -1.00 e. The van der Waals surface area contributed by atoms with E-state index in [2.05, 4.69) is 11.2 Å². The summed E-state index contributed by atoms with van der Waals surface area (Å²) in [5.74, 6) is 0.545. The Kier molecular flexibility index (Phi) is 7.03. The molecule has 0 saturated carbocycles. The molecular formula is C7H8KO2S2-. The maximum atomic E-state index is 10.4. The summed E-state index contributed by atoms with van der Waals surface area (Å²) in [5.41, 5.74) is 1.13. The molecule has 0 bridgehead atoms. The molecule has 0 unspecified atom stereocenters. The van der Waals surface area contributed by atoms with Crippen LogP contribution in [0.25, 0.3) is 0 Å². The molecule has 0 amide bonds. The first-order valence-electron chi connectivity index (χ1n) is 3.03. The molecule has 0 radical (unpaired) electrons. The van der Waals surface area contributed by atoms with Gasteiger partial charge in [-0.15, -0.1) is 0 Å². The van der Waals surface area contributed by atoms with Crippen LogP contribution in [0.4, 0.5) is 0 Å². The van der Waals surface area contributed by atoms with Gasteiger partial charge >= 0.3 is 51.4 Å². The SMILES string of the molecule is Cc1ccc(O[S-](=O)=S)cc1.[H-].[K+]. The molecule has 0 N–H and O–H groups in total. The van der Waals surface area contributed by atoms with Crippen LogP contribution in [-0.2, 0) is 25.0 Å². The minimum absolute atomic E-state index is 0. The van der Waals surface area contributed by atoms with Crippen LogP contribution >= 0.6 is 0 Å². The van der Waals surface area contributed by atoms with Gasteiger partial charge in [-0.1, -0.05) is 17.7 Å². The normalized spacial score (nSPS) is 9.17. The Morgan fingerprint density at radius 1 is 1.42 bits per heavy atom. The summed E-state index contributed by atoms with van der Waals surface area (Å²) in [4.78, 5) is 0. The van der Waals surface area contributed by atoms with E-state index in [4.69, 9.17) is 4.18 Å². The van der Waals surface area contributed by atoms with Gasteiger partial charge in [0.25, 0.3) is 0 Å². The van der Waals surface area contributed by atoms with Crippen LogP contribution in [0.3, 0.4) is 0 Å². The van der Waals surface area contributed by atoms with Gasteiger partial charge in [-0.2, -0.15) is 11.2 Å². The molecule has 0 aromatic heterocycles. The standard InChI is InChI=1S/C7H7O2S2.K.H/c1-6-2-4-7(5-3-6)9-11(8)10;;/h2-5H,1H3;;/q-1;+1;-1. The van der Waals surface area contributed by atoms with Crippen molar-refractivity contribution in [2.75, 3.05) is 0 Å². The average Bonchev–Trinajstić information content (AvgIpc) is 1.93. The number of aryl methyl sites for hydroxylation is 1. The first-order chi connectivity index (χ1) is 5.18. The van der Waals surface area contributed by atoms with Crippen molar-refractivity contribution in [3.63, 3.8) is 0 Å². The fourth-order valence-corrected chi connectivity index (χ4v) is 1.18. The third-order valence-electron chi connectivity index (χ3n) is 1.19. The topological polar surface area (TPSA) is 26.3 Å². The largest absolute Gasteiger partial charge is 1.00 e. The molecule has 0 fully saturated rings. The Morgan fingerprint density at radius 2 is 1.92 bits per heavy atom. The van der Waals surface area contributed by atoms with E-state index in [9.17, 15) is 4.21 Å². The molecule has 0 aliphatic heterocycles. The van der Waals surface area contributed by atoms with E-state index in [0.717, 1.165) is 5.56 Å². The van der Waals surface area contributed by atoms with Crippen LogP contribution in [0.2, 0.25) is 0 Å². The van der Waals surface area contributed by atoms with E-state index in [1.54, 1.807) is 12.1 Å². The Morgan fingerprint density at radius 3 is 2.33 bits per heavy atom. The predicted molar refractivity (Wildman–Crippen MR) is 48.3 cm³/mol. The van der Waals surface area contributed by atoms with E-state index < -0.39 is 9.64 Å². The third kappa shape index (κ3) is 4.91. The number of rotatable bonds is 2. The molecule has 0 aliphatic carbocycles. The molecule has 0 spiro atoms. The van der Waals surface area contributed by atoms with E-state index in [1.807, 2.05) is 19.1 Å². The molecule has 1 aromatic rings. The van der Waals surface area contributed by atoms with Crippen LogP contribution < -0.4 is 55.6 Å². The molecule has 5 heteroatoms. The van der Waals surface area contributed by atoms with Crippen molar-refractivity contribution in [1.82, 2.24) is 0 Å². The maximum Gasteiger partial charge on any atom is 1.00 e. The van der Waals surface area contributed by atoms with Crippen molar-refractivity contribution in [2.24, 2.45) is 0 Å². The van der Waals surface area contributed by atoms with Crippen molar-refractivity contribution in [3.8, 4) is 5.75 Å². The van der Waals surface area contributed by atoms with Gasteiger partial charge in [-0.25, -0.2) is 0 Å². The molecule has 1 aromatic carbocycles. The first-order valence-corrected chi connectivity index (χ1v) is 5.03. The zero-order valence-electron chi connectivity index (χ0n) is 7.94. The van der Waals surface area contributed by atoms with Gasteiger partial charge in [0.15, 0.2) is 0 Å². The summed E-state index contributed by atoms with van der Waals surface area (Å²) < 4.78 is 15.2. The van der Waals surface area contributed by atoms with Gasteiger partial charge in [-0.05, 0) is 28.7 Å². The number of hydrogen-bond donors (Lipinski definition) is 0. The molecule has 62 valence electrons. The van der Waals surface area contributed by atoms with Gasteiger partial charge in [0.05, 0.1) is 5.75 Å². The summed E-state index contributed by atoms with van der Waals surface area (Å²) in [5, 5.41) is 0. The van der Waals surface area contributed by atoms with Gasteiger partial charge in [-0.3, -0.25) is 0 Å². The Hall–Kier alpha value is 1.03. The average molecular weight is 227 g/mol. The quantitative estimate of drug-likeness (QED) is 0.470. The first kappa shape index (κ1) is 13.0. The fourth-order valence-electron chi connectivity index (χ4n) is 0.672. The molecule has 0 saturated heterocycles. The molecule has 0 aliphatic rings. The van der Waals surface area contributed by atoms with Crippen molar-refractivity contribution in [3.05, 3.63) is 29.8 Å². The second-order valence-corrected chi connectivity index (χ2v) is 3.49. The Labute approximate surface area is 123 Å². The van der Waals surface area contributed by atoms with Gasteiger partial charge in [0.1, 0.15) is 0 Å². The van der Waals surface area contributed by atoms with E-state index in [1.165, 1.54) is 0 Å². The van der Waals surface area contributed by atoms with E-state index in [-0.39, 0.29) is 52.8 Å². The van der Waals surface area contributed by atoms with Crippen molar-refractivity contribution < 1.29 is 61.2 Å². The third-order valence-corrected chi connectivity index (χ3v) is 1.72. The van der Waals surface area contributed by atoms with Gasteiger partial charge < -0.3 is 9.82 Å². The molecular weight excluding hydrogens is 219 g/mol. The summed E-state index contributed by atoms with van der Waals surface area (Å²) in [7, 11) is -1.64. The van der Waals surface area contributed by atoms with E-state index in [0.29, 0.717) is 5.75 Å². The van der Waals surface area contributed by atoms with Crippen LogP contribution in [-0.4, -0.2) is 0 Å². The summed E-state index contributed by atoms with van der Waals surface area (Å²) in [6.45, 7) is 1.97. The number of benzene rings is 1. The molecule has 12 heavy (non-hydrogen) atoms. The molecule has 2 nitrogen and oxygen atoms in total. The Bertz CT molecular complexity index is 303. The minimum atomic E-state index is -1.64. The summed E-state index contributed by atoms with van der Waals surface area (Å²) in [6, 6.07) is 7.22. The Balaban J connectivity index is 0. The fraction of sp³-hybridized carbons (Fsp3) is 0.143. The number of hydrogen-bond acceptors (Lipinski definition) is 4. The zero-order valence-corrected chi connectivity index (χ0v) is 11.7. The summed E-state index contributed by atoms with van der Waals surface area (Å²) in [6.07, 6.45) is 0. The van der Waals surface area contributed by atoms with Crippen molar-refractivity contribution >= 4 is 20.8 Å². The zero-order chi connectivity index (χ0) is 8.27. The second kappa shape index (κ2) is 6.48. The van der Waals surface area contributed by atoms with Crippen LogP contribution in [0, 0.1) is 6.92 Å². The van der Waals surface area contributed by atoms with Crippen molar-refractivity contribution in [2.45, 2.75) is 6.92 Å². The monoisotopic (exact) mass is 227 g/mol. The van der Waals surface area contributed by atoms with Crippen LogP contribution in [0.5, 0.6) is 5.75 Å². The maximum absolute atomic E-state index is 10.4. The molecule has 0 atom stereocenters. The van der Waals surface area contributed by atoms with E-state index >= 15 is 0 Å². The van der Waals surface area contributed by atoms with Crippen LogP contribution in [0.15, 0.2) is 24.3 Å². The molecule has 0 heterocycles. The van der Waals surface area contributed by atoms with Gasteiger partial charge in [0.2, 0.25) is 0 Å². The van der Waals surface area contributed by atoms with Crippen molar-refractivity contribution in [1.29, 1.82) is 0 Å². The predicted octanol–water partition coefficient (Wildman–Crippen LogP) is -1.17.